The largest absolute Gasteiger partial charge is 0.417 e. The summed E-state index contributed by atoms with van der Waals surface area (Å²) in [6.07, 6.45) is -3.73. The summed E-state index contributed by atoms with van der Waals surface area (Å²) in [5.41, 5.74) is -0.248. The van der Waals surface area contributed by atoms with Gasteiger partial charge in [0.25, 0.3) is 0 Å². The molecule has 1 N–H and O–H groups in total. The highest BCUT2D eigenvalue weighted by Gasteiger charge is 2.35. The molecule has 0 unspecified atom stereocenters. The Hall–Kier alpha value is -2.09. The number of hydrogen-bond donors (Lipinski definition) is 1. The normalized spacial score (nSPS) is 19.7. The van der Waals surface area contributed by atoms with Gasteiger partial charge < -0.3 is 5.32 Å². The van der Waals surface area contributed by atoms with Crippen molar-refractivity contribution in [2.75, 3.05) is 11.1 Å². The van der Waals surface area contributed by atoms with Gasteiger partial charge in [0.15, 0.2) is 9.84 Å². The van der Waals surface area contributed by atoms with Crippen molar-refractivity contribution in [3.63, 3.8) is 0 Å². The summed E-state index contributed by atoms with van der Waals surface area (Å²) < 4.78 is 61.5. The fourth-order valence-electron chi connectivity index (χ4n) is 2.40. The molecular formula is C14H11F3N2O2S. The third-order valence-corrected chi connectivity index (χ3v) is 5.24. The van der Waals surface area contributed by atoms with Gasteiger partial charge in [-0.2, -0.15) is 13.2 Å². The topological polar surface area (TPSA) is 59.1 Å². The van der Waals surface area contributed by atoms with E-state index in [4.69, 9.17) is 0 Å². The smallest absolute Gasteiger partial charge is 0.362 e. The molecule has 22 heavy (non-hydrogen) atoms. The van der Waals surface area contributed by atoms with Crippen molar-refractivity contribution in [2.24, 2.45) is 0 Å². The van der Waals surface area contributed by atoms with E-state index in [9.17, 15) is 21.6 Å². The Morgan fingerprint density at radius 3 is 2.50 bits per heavy atom. The molecule has 0 spiro atoms. The lowest BCUT2D eigenvalue weighted by Gasteiger charge is -2.14. The maximum absolute atomic E-state index is 12.5. The number of pyridine rings is 1. The van der Waals surface area contributed by atoms with Crippen LogP contribution in [-0.4, -0.2) is 19.2 Å². The molecule has 0 fully saturated rings. The van der Waals surface area contributed by atoms with Gasteiger partial charge in [-0.25, -0.2) is 13.4 Å². The number of nitrogens with zero attached hydrogens (tertiary/aromatic N) is 1. The number of benzene rings is 1. The number of sulfone groups is 1. The highest BCUT2D eigenvalue weighted by molar-refractivity contribution is 7.91. The van der Waals surface area contributed by atoms with Crippen LogP contribution in [0, 0.1) is 0 Å². The van der Waals surface area contributed by atoms with Crippen LogP contribution in [0.25, 0.3) is 0 Å². The van der Waals surface area contributed by atoms with Crippen LogP contribution in [0.1, 0.15) is 17.2 Å². The SMILES string of the molecule is O=S1(=O)C[C@H](Nc2ccc(C(F)(F)F)cn2)c2ccccc21. The molecule has 1 aliphatic rings. The van der Waals surface area contributed by atoms with E-state index in [-0.39, 0.29) is 16.5 Å². The maximum atomic E-state index is 12.5. The first-order valence-corrected chi connectivity index (χ1v) is 8.04. The highest BCUT2D eigenvalue weighted by Crippen LogP contribution is 2.35. The van der Waals surface area contributed by atoms with Gasteiger partial charge in [0.05, 0.1) is 22.3 Å². The number of nitrogens with one attached hydrogen (secondary N) is 1. The van der Waals surface area contributed by atoms with Crippen molar-refractivity contribution in [1.29, 1.82) is 0 Å². The molecule has 8 heteroatoms. The minimum atomic E-state index is -4.45. The first-order valence-electron chi connectivity index (χ1n) is 6.39. The quantitative estimate of drug-likeness (QED) is 0.920. The number of rotatable bonds is 2. The number of aromatic nitrogens is 1. The first kappa shape index (κ1) is 14.8. The van der Waals surface area contributed by atoms with Gasteiger partial charge in [-0.05, 0) is 23.8 Å². The summed E-state index contributed by atoms with van der Waals surface area (Å²) in [6, 6.07) is 8.13. The fraction of sp³-hybridized carbons (Fsp3) is 0.214. The summed E-state index contributed by atoms with van der Waals surface area (Å²) in [5, 5.41) is 2.87. The van der Waals surface area contributed by atoms with E-state index in [0.29, 0.717) is 5.56 Å². The average molecular weight is 328 g/mol. The maximum Gasteiger partial charge on any atom is 0.417 e. The van der Waals surface area contributed by atoms with Crippen LogP contribution in [0.4, 0.5) is 19.0 Å². The average Bonchev–Trinajstić information content (AvgIpc) is 2.70. The zero-order chi connectivity index (χ0) is 16.0. The van der Waals surface area contributed by atoms with Gasteiger partial charge in [0.1, 0.15) is 5.82 Å². The number of hydrogen-bond acceptors (Lipinski definition) is 4. The minimum Gasteiger partial charge on any atom is -0.362 e. The Balaban J connectivity index is 1.86. The molecule has 1 aromatic carbocycles. The van der Waals surface area contributed by atoms with E-state index in [2.05, 4.69) is 10.3 Å². The van der Waals surface area contributed by atoms with Crippen molar-refractivity contribution in [1.82, 2.24) is 4.98 Å². The van der Waals surface area contributed by atoms with Crippen LogP contribution in [-0.2, 0) is 16.0 Å². The molecule has 2 heterocycles. The van der Waals surface area contributed by atoms with Crippen LogP contribution in [0.3, 0.4) is 0 Å². The lowest BCUT2D eigenvalue weighted by Crippen LogP contribution is -2.14. The Kier molecular flexibility index (Phi) is 3.36. The lowest BCUT2D eigenvalue weighted by atomic mass is 10.1. The summed E-state index contributed by atoms with van der Waals surface area (Å²) >= 11 is 0. The van der Waals surface area contributed by atoms with E-state index in [0.717, 1.165) is 12.3 Å². The zero-order valence-corrected chi connectivity index (χ0v) is 11.9. The van der Waals surface area contributed by atoms with Gasteiger partial charge in [-0.3, -0.25) is 0 Å². The number of fused-ring (bicyclic) bond motifs is 1. The van der Waals surface area contributed by atoms with Gasteiger partial charge in [0, 0.05) is 6.20 Å². The summed E-state index contributed by atoms with van der Waals surface area (Å²) in [6.45, 7) is 0. The summed E-state index contributed by atoms with van der Waals surface area (Å²) in [7, 11) is -3.38. The van der Waals surface area contributed by atoms with Gasteiger partial charge in [-0.1, -0.05) is 18.2 Å². The van der Waals surface area contributed by atoms with Crippen molar-refractivity contribution >= 4 is 15.7 Å². The van der Waals surface area contributed by atoms with E-state index < -0.39 is 27.6 Å². The van der Waals surface area contributed by atoms with Crippen LogP contribution >= 0.6 is 0 Å². The van der Waals surface area contributed by atoms with Gasteiger partial charge in [0.2, 0.25) is 0 Å². The Bertz CT molecular complexity index is 802. The molecule has 1 aromatic heterocycles. The molecule has 1 atom stereocenters. The first-order chi connectivity index (χ1) is 10.3. The molecule has 0 saturated heterocycles. The van der Waals surface area contributed by atoms with Crippen molar-refractivity contribution < 1.29 is 21.6 Å². The molecule has 116 valence electrons. The molecule has 0 radical (unpaired) electrons. The molecule has 0 saturated carbocycles. The number of anilines is 1. The van der Waals surface area contributed by atoms with Gasteiger partial charge >= 0.3 is 6.18 Å². The van der Waals surface area contributed by atoms with Crippen molar-refractivity contribution in [3.8, 4) is 0 Å². The summed E-state index contributed by atoms with van der Waals surface area (Å²) in [4.78, 5) is 3.95. The summed E-state index contributed by atoms with van der Waals surface area (Å²) in [5.74, 6) is 0.0552. The number of halogens is 3. The second-order valence-corrected chi connectivity index (χ2v) is 6.95. The van der Waals surface area contributed by atoms with Crippen LogP contribution in [0.5, 0.6) is 0 Å². The van der Waals surface area contributed by atoms with Crippen LogP contribution in [0.2, 0.25) is 0 Å². The van der Waals surface area contributed by atoms with Gasteiger partial charge in [-0.15, -0.1) is 0 Å². The molecule has 0 bridgehead atoms. The van der Waals surface area contributed by atoms with E-state index in [1.165, 1.54) is 12.1 Å². The Morgan fingerprint density at radius 1 is 1.14 bits per heavy atom. The molecule has 4 nitrogen and oxygen atoms in total. The fourth-order valence-corrected chi connectivity index (χ4v) is 4.13. The monoisotopic (exact) mass is 328 g/mol. The molecule has 0 aliphatic carbocycles. The molecule has 2 aromatic rings. The molecular weight excluding hydrogens is 317 g/mol. The Morgan fingerprint density at radius 2 is 1.86 bits per heavy atom. The second kappa shape index (κ2) is 4.98. The highest BCUT2D eigenvalue weighted by atomic mass is 32.2. The van der Waals surface area contributed by atoms with E-state index >= 15 is 0 Å². The third kappa shape index (κ3) is 2.66. The molecule has 1 aliphatic heterocycles. The number of alkyl halides is 3. The minimum absolute atomic E-state index is 0.144. The molecule has 3 rings (SSSR count). The van der Waals surface area contributed by atoms with Crippen molar-refractivity contribution in [2.45, 2.75) is 17.1 Å². The van der Waals surface area contributed by atoms with Crippen LogP contribution in [0.15, 0.2) is 47.5 Å². The van der Waals surface area contributed by atoms with Crippen molar-refractivity contribution in [3.05, 3.63) is 53.7 Å². The van der Waals surface area contributed by atoms with Crippen LogP contribution < -0.4 is 5.32 Å². The Labute approximate surface area is 124 Å². The van der Waals surface area contributed by atoms with E-state index in [1.807, 2.05) is 0 Å². The molecule has 0 amide bonds. The third-order valence-electron chi connectivity index (χ3n) is 3.43. The predicted octanol–water partition coefficient (Wildman–Crippen LogP) is 3.04. The standard InChI is InChI=1S/C14H11F3N2O2S/c15-14(16,17)9-5-6-13(18-7-9)19-11-8-22(20,21)12-4-2-1-3-10(11)12/h1-7,11H,8H2,(H,18,19)/t11-/m0/s1. The van der Waals surface area contributed by atoms with E-state index in [1.54, 1.807) is 18.2 Å². The predicted molar refractivity (Wildman–Crippen MR) is 74.1 cm³/mol. The second-order valence-electron chi connectivity index (χ2n) is 4.95. The zero-order valence-electron chi connectivity index (χ0n) is 11.1. The lowest BCUT2D eigenvalue weighted by molar-refractivity contribution is -0.137.